The number of aromatic amines is 1. The second kappa shape index (κ2) is 6.26. The van der Waals surface area contributed by atoms with E-state index in [-0.39, 0.29) is 23.2 Å². The molecule has 2 aromatic rings. The lowest BCUT2D eigenvalue weighted by atomic mass is 10.1. The first-order valence-electron chi connectivity index (χ1n) is 8.11. The molecule has 6 heteroatoms. The number of benzene rings is 1. The van der Waals surface area contributed by atoms with Gasteiger partial charge in [0.2, 0.25) is 0 Å². The van der Waals surface area contributed by atoms with E-state index in [1.54, 1.807) is 0 Å². The van der Waals surface area contributed by atoms with Crippen molar-refractivity contribution >= 4 is 17.3 Å². The Morgan fingerprint density at radius 1 is 1.17 bits per heavy atom. The van der Waals surface area contributed by atoms with Crippen LogP contribution in [0.2, 0.25) is 0 Å². The van der Waals surface area contributed by atoms with Crippen molar-refractivity contribution in [1.29, 1.82) is 0 Å². The second-order valence-corrected chi connectivity index (χ2v) is 6.62. The number of H-pyrrole nitrogens is 1. The number of carbonyl (C=O) groups excluding carboxylic acids is 1. The second-order valence-electron chi connectivity index (χ2n) is 6.62. The maximum absolute atomic E-state index is 14.1. The lowest BCUT2D eigenvalue weighted by Crippen LogP contribution is -2.26. The van der Waals surface area contributed by atoms with E-state index in [0.29, 0.717) is 0 Å². The first kappa shape index (κ1) is 16.5. The van der Waals surface area contributed by atoms with E-state index in [1.165, 1.54) is 6.07 Å². The molecule has 0 unspecified atom stereocenters. The van der Waals surface area contributed by atoms with Crippen molar-refractivity contribution < 1.29 is 13.6 Å². The maximum Gasteiger partial charge on any atom is 0.254 e. The number of hydrogen-bond acceptors (Lipinski definition) is 2. The average Bonchev–Trinajstić information content (AvgIpc) is 3.22. The summed E-state index contributed by atoms with van der Waals surface area (Å²) in [6, 6.07) is 3.95. The molecule has 128 valence electrons. The predicted molar refractivity (Wildman–Crippen MR) is 89.7 cm³/mol. The fraction of sp³-hybridized carbons (Fsp3) is 0.389. The van der Waals surface area contributed by atoms with Crippen LogP contribution in [0.25, 0.3) is 0 Å². The van der Waals surface area contributed by atoms with Crippen LogP contribution in [-0.2, 0) is 0 Å². The summed E-state index contributed by atoms with van der Waals surface area (Å²) < 4.78 is 28.1. The highest BCUT2D eigenvalue weighted by Gasteiger charge is 2.26. The molecule has 3 rings (SSSR count). The SMILES string of the molecule is Cc1cc(Nc2cc(C(=O)NC3CC3)c(F)cc2F)c(C(C)C)[nH]1. The number of rotatable bonds is 5. The fourth-order valence-electron chi connectivity index (χ4n) is 2.62. The van der Waals surface area contributed by atoms with E-state index in [0.717, 1.165) is 36.0 Å². The molecule has 1 fully saturated rings. The van der Waals surface area contributed by atoms with Gasteiger partial charge in [0.15, 0.2) is 0 Å². The van der Waals surface area contributed by atoms with Crippen molar-refractivity contribution in [2.24, 2.45) is 0 Å². The van der Waals surface area contributed by atoms with Gasteiger partial charge in [0, 0.05) is 23.5 Å². The standard InChI is InChI=1S/C18H21F2N3O/c1-9(2)17-16(6-10(3)21-17)23-15-7-12(13(19)8-14(15)20)18(24)22-11-4-5-11/h6-9,11,21,23H,4-5H2,1-3H3,(H,22,24). The van der Waals surface area contributed by atoms with Gasteiger partial charge in [-0.15, -0.1) is 0 Å². The molecule has 0 radical (unpaired) electrons. The summed E-state index contributed by atoms with van der Waals surface area (Å²) in [5, 5.41) is 5.70. The van der Waals surface area contributed by atoms with Crippen molar-refractivity contribution in [3.63, 3.8) is 0 Å². The minimum absolute atomic E-state index is 0.0817. The number of carbonyl (C=O) groups is 1. The number of aryl methyl sites for hydroxylation is 1. The number of halogens is 2. The Morgan fingerprint density at radius 3 is 2.50 bits per heavy atom. The molecule has 4 nitrogen and oxygen atoms in total. The Labute approximate surface area is 139 Å². The molecule has 1 heterocycles. The number of nitrogens with one attached hydrogen (secondary N) is 3. The van der Waals surface area contributed by atoms with Crippen molar-refractivity contribution in [3.8, 4) is 0 Å². The zero-order valence-electron chi connectivity index (χ0n) is 14.0. The van der Waals surface area contributed by atoms with Gasteiger partial charge in [-0.25, -0.2) is 8.78 Å². The molecule has 1 aromatic heterocycles. The zero-order chi connectivity index (χ0) is 17.4. The smallest absolute Gasteiger partial charge is 0.254 e. The van der Waals surface area contributed by atoms with Crippen molar-refractivity contribution in [3.05, 3.63) is 46.8 Å². The highest BCUT2D eigenvalue weighted by atomic mass is 19.1. The van der Waals surface area contributed by atoms with Gasteiger partial charge < -0.3 is 15.6 Å². The molecule has 24 heavy (non-hydrogen) atoms. The summed E-state index contributed by atoms with van der Waals surface area (Å²) in [6.07, 6.45) is 1.81. The van der Waals surface area contributed by atoms with Crippen LogP contribution in [0.4, 0.5) is 20.2 Å². The summed E-state index contributed by atoms with van der Waals surface area (Å²) in [5.41, 5.74) is 2.53. The summed E-state index contributed by atoms with van der Waals surface area (Å²) in [6.45, 7) is 5.95. The molecule has 1 saturated carbocycles. The molecule has 1 aromatic carbocycles. The van der Waals surface area contributed by atoms with Crippen LogP contribution < -0.4 is 10.6 Å². The Hall–Kier alpha value is -2.37. The van der Waals surface area contributed by atoms with Crippen LogP contribution in [-0.4, -0.2) is 16.9 Å². The third-order valence-corrected chi connectivity index (χ3v) is 4.04. The third-order valence-electron chi connectivity index (χ3n) is 4.04. The Balaban J connectivity index is 1.91. The van der Waals surface area contributed by atoms with Crippen LogP contribution in [0.1, 0.15) is 54.4 Å². The van der Waals surface area contributed by atoms with Crippen LogP contribution in [0, 0.1) is 18.6 Å². The summed E-state index contributed by atoms with van der Waals surface area (Å²) in [5.74, 6) is -1.88. The summed E-state index contributed by atoms with van der Waals surface area (Å²) >= 11 is 0. The minimum Gasteiger partial charge on any atom is -0.361 e. The average molecular weight is 333 g/mol. The molecule has 0 spiro atoms. The lowest BCUT2D eigenvalue weighted by Gasteiger charge is -2.13. The van der Waals surface area contributed by atoms with Crippen LogP contribution >= 0.6 is 0 Å². The lowest BCUT2D eigenvalue weighted by molar-refractivity contribution is 0.0947. The number of amides is 1. The number of anilines is 2. The molecule has 1 aliphatic carbocycles. The summed E-state index contributed by atoms with van der Waals surface area (Å²) in [4.78, 5) is 15.3. The van der Waals surface area contributed by atoms with E-state index >= 15 is 0 Å². The molecular formula is C18H21F2N3O. The minimum atomic E-state index is -0.856. The van der Waals surface area contributed by atoms with Crippen LogP contribution in [0.15, 0.2) is 18.2 Å². The van der Waals surface area contributed by atoms with Gasteiger partial charge in [0.05, 0.1) is 16.9 Å². The summed E-state index contributed by atoms with van der Waals surface area (Å²) in [7, 11) is 0. The predicted octanol–water partition coefficient (Wildman–Crippen LogP) is 4.36. The number of aromatic nitrogens is 1. The first-order valence-corrected chi connectivity index (χ1v) is 8.11. The largest absolute Gasteiger partial charge is 0.361 e. The zero-order valence-corrected chi connectivity index (χ0v) is 14.0. The maximum atomic E-state index is 14.1. The molecular weight excluding hydrogens is 312 g/mol. The van der Waals surface area contributed by atoms with E-state index in [4.69, 9.17) is 0 Å². The fourth-order valence-corrected chi connectivity index (χ4v) is 2.62. The highest BCUT2D eigenvalue weighted by molar-refractivity contribution is 5.96. The molecule has 0 atom stereocenters. The molecule has 1 amide bonds. The van der Waals surface area contributed by atoms with Gasteiger partial charge >= 0.3 is 0 Å². The Kier molecular flexibility index (Phi) is 4.30. The van der Waals surface area contributed by atoms with E-state index < -0.39 is 17.5 Å². The van der Waals surface area contributed by atoms with E-state index in [1.807, 2.05) is 26.8 Å². The molecule has 1 aliphatic rings. The van der Waals surface area contributed by atoms with Crippen molar-refractivity contribution in [2.45, 2.75) is 45.6 Å². The third kappa shape index (κ3) is 3.42. The van der Waals surface area contributed by atoms with E-state index in [2.05, 4.69) is 15.6 Å². The van der Waals surface area contributed by atoms with Gasteiger partial charge in [0.25, 0.3) is 5.91 Å². The van der Waals surface area contributed by atoms with Crippen LogP contribution in [0.5, 0.6) is 0 Å². The van der Waals surface area contributed by atoms with Gasteiger partial charge in [0.1, 0.15) is 11.6 Å². The highest BCUT2D eigenvalue weighted by Crippen LogP contribution is 2.30. The topological polar surface area (TPSA) is 56.9 Å². The quantitative estimate of drug-likeness (QED) is 0.761. The van der Waals surface area contributed by atoms with E-state index in [9.17, 15) is 13.6 Å². The van der Waals surface area contributed by atoms with Crippen LogP contribution in [0.3, 0.4) is 0 Å². The first-order chi connectivity index (χ1) is 11.3. The molecule has 0 bridgehead atoms. The Bertz CT molecular complexity index is 779. The number of hydrogen-bond donors (Lipinski definition) is 3. The van der Waals surface area contributed by atoms with Gasteiger partial charge in [-0.05, 0) is 37.8 Å². The normalized spacial score (nSPS) is 14.1. The van der Waals surface area contributed by atoms with Gasteiger partial charge in [-0.3, -0.25) is 4.79 Å². The Morgan fingerprint density at radius 2 is 1.88 bits per heavy atom. The van der Waals surface area contributed by atoms with Gasteiger partial charge in [-0.2, -0.15) is 0 Å². The van der Waals surface area contributed by atoms with Gasteiger partial charge in [-0.1, -0.05) is 13.8 Å². The molecule has 0 aliphatic heterocycles. The van der Waals surface area contributed by atoms with Crippen molar-refractivity contribution in [2.75, 3.05) is 5.32 Å². The monoisotopic (exact) mass is 333 g/mol. The molecule has 3 N–H and O–H groups in total. The molecule has 0 saturated heterocycles. The van der Waals surface area contributed by atoms with Crippen molar-refractivity contribution in [1.82, 2.24) is 10.3 Å².